The molecule has 8 nitrogen and oxygen atoms in total. The Balaban J connectivity index is 2.07. The van der Waals surface area contributed by atoms with Crippen LogP contribution in [0, 0.1) is 15.5 Å². The van der Waals surface area contributed by atoms with Gasteiger partial charge in [-0.2, -0.15) is 0 Å². The van der Waals surface area contributed by atoms with Gasteiger partial charge < -0.3 is 14.8 Å². The van der Waals surface area contributed by atoms with Crippen molar-refractivity contribution in [3.63, 3.8) is 0 Å². The van der Waals surface area contributed by atoms with Gasteiger partial charge in [-0.15, -0.1) is 0 Å². The van der Waals surface area contributed by atoms with E-state index in [1.54, 1.807) is 19.9 Å². The average molecular weight is 505 g/mol. The van der Waals surface area contributed by atoms with E-state index in [1.807, 2.05) is 63.3 Å². The van der Waals surface area contributed by atoms with Gasteiger partial charge in [-0.3, -0.25) is 10.1 Å². The van der Waals surface area contributed by atoms with E-state index < -0.39 is 34.3 Å². The first-order valence-corrected chi connectivity index (χ1v) is 11.9. The number of methoxy groups -OCH3 is 1. The van der Waals surface area contributed by atoms with Crippen LogP contribution in [-0.4, -0.2) is 30.1 Å². The molecule has 2 aromatic rings. The molecule has 1 aliphatic heterocycles. The molecule has 0 aromatic heterocycles. The molecule has 0 fully saturated rings. The Bertz CT molecular complexity index is 1280. The zero-order valence-corrected chi connectivity index (χ0v) is 21.9. The third-order valence-corrected chi connectivity index (χ3v) is 6.15. The summed E-state index contributed by atoms with van der Waals surface area (Å²) in [5, 5.41) is 14.6. The number of hydrogen-bond donors (Lipinski definition) is 1. The Morgan fingerprint density at radius 2 is 1.62 bits per heavy atom. The van der Waals surface area contributed by atoms with Gasteiger partial charge in [0.25, 0.3) is 5.69 Å². The number of nitrogens with zero attached hydrogens (tertiary/aromatic N) is 1. The lowest BCUT2D eigenvalue weighted by Crippen LogP contribution is -2.36. The Kier molecular flexibility index (Phi) is 8.32. The van der Waals surface area contributed by atoms with E-state index in [2.05, 4.69) is 5.32 Å². The monoisotopic (exact) mass is 504 g/mol. The van der Waals surface area contributed by atoms with Crippen molar-refractivity contribution >= 4 is 23.7 Å². The normalized spacial score (nSPS) is 16.9. The van der Waals surface area contributed by atoms with Crippen LogP contribution in [0.3, 0.4) is 0 Å². The second kappa shape index (κ2) is 11.2. The number of nitro groups is 1. The number of carbonyl (C=O) groups excluding carboxylic acids is 2. The van der Waals surface area contributed by atoms with Crippen molar-refractivity contribution in [3.8, 4) is 0 Å². The summed E-state index contributed by atoms with van der Waals surface area (Å²) in [6.45, 7) is 9.29. The summed E-state index contributed by atoms with van der Waals surface area (Å²) in [6.07, 6.45) is 3.13. The summed E-state index contributed by atoms with van der Waals surface area (Å²) in [4.78, 5) is 37.6. The Morgan fingerprint density at radius 3 is 2.19 bits per heavy atom. The number of nitro benzene ring substituents is 1. The van der Waals surface area contributed by atoms with Crippen molar-refractivity contribution < 1.29 is 24.0 Å². The number of esters is 2. The average Bonchev–Trinajstić information content (AvgIpc) is 2.85. The first-order valence-electron chi connectivity index (χ1n) is 11.9. The van der Waals surface area contributed by atoms with Crippen molar-refractivity contribution in [2.75, 3.05) is 7.11 Å². The van der Waals surface area contributed by atoms with E-state index in [9.17, 15) is 19.7 Å². The first kappa shape index (κ1) is 27.4. The number of nitrogens with one attached hydrogen (secondary N) is 1. The van der Waals surface area contributed by atoms with Crippen LogP contribution in [-0.2, 0) is 19.1 Å². The van der Waals surface area contributed by atoms with Crippen molar-refractivity contribution in [2.45, 2.75) is 46.6 Å². The molecule has 2 atom stereocenters. The molecule has 8 heteroatoms. The van der Waals surface area contributed by atoms with E-state index in [0.29, 0.717) is 17.0 Å². The minimum absolute atomic E-state index is 0.151. The van der Waals surface area contributed by atoms with Gasteiger partial charge in [-0.1, -0.05) is 69.3 Å². The number of rotatable bonds is 7. The highest BCUT2D eigenvalue weighted by Crippen LogP contribution is 2.40. The van der Waals surface area contributed by atoms with Crippen LogP contribution < -0.4 is 5.32 Å². The highest BCUT2D eigenvalue weighted by atomic mass is 16.6. The van der Waals surface area contributed by atoms with Crippen LogP contribution in [0.25, 0.3) is 6.08 Å². The molecular weight excluding hydrogens is 472 g/mol. The van der Waals surface area contributed by atoms with Crippen LogP contribution in [0.15, 0.2) is 83.2 Å². The van der Waals surface area contributed by atoms with Gasteiger partial charge in [0.15, 0.2) is 0 Å². The molecule has 1 N–H and O–H groups in total. The fourth-order valence-electron chi connectivity index (χ4n) is 4.24. The fraction of sp³-hybridized carbons (Fsp3) is 0.310. The molecule has 0 radical (unpaired) electrons. The van der Waals surface area contributed by atoms with Crippen molar-refractivity contribution in [1.82, 2.24) is 5.32 Å². The third-order valence-electron chi connectivity index (χ3n) is 6.15. The minimum Gasteiger partial charge on any atom is -0.466 e. The summed E-state index contributed by atoms with van der Waals surface area (Å²) in [5.41, 5.74) is 2.15. The maximum absolute atomic E-state index is 13.8. The Hall–Kier alpha value is -4.20. The maximum atomic E-state index is 13.8. The van der Waals surface area contributed by atoms with E-state index in [1.165, 1.54) is 25.3 Å². The van der Waals surface area contributed by atoms with Gasteiger partial charge >= 0.3 is 11.9 Å². The molecule has 2 aromatic carbocycles. The number of hydrogen-bond acceptors (Lipinski definition) is 7. The smallest absolute Gasteiger partial charge is 0.337 e. The largest absolute Gasteiger partial charge is 0.466 e. The van der Waals surface area contributed by atoms with Crippen molar-refractivity contribution in [2.24, 2.45) is 5.41 Å². The highest BCUT2D eigenvalue weighted by Gasteiger charge is 2.39. The molecule has 1 aliphatic rings. The van der Waals surface area contributed by atoms with E-state index in [4.69, 9.17) is 9.47 Å². The van der Waals surface area contributed by atoms with Crippen molar-refractivity contribution in [1.29, 1.82) is 0 Å². The second-order valence-electron chi connectivity index (χ2n) is 9.94. The molecule has 0 bridgehead atoms. The number of ether oxygens (including phenoxy) is 2. The molecule has 0 saturated heterocycles. The van der Waals surface area contributed by atoms with E-state index >= 15 is 0 Å². The topological polar surface area (TPSA) is 108 Å². The van der Waals surface area contributed by atoms with Crippen LogP contribution in [0.5, 0.6) is 0 Å². The molecule has 0 spiro atoms. The number of allylic oxidation sites excluding steroid dienone is 2. The van der Waals surface area contributed by atoms with Gasteiger partial charge in [0, 0.05) is 28.9 Å². The fourth-order valence-corrected chi connectivity index (χ4v) is 4.24. The maximum Gasteiger partial charge on any atom is 0.337 e. The van der Waals surface area contributed by atoms with Gasteiger partial charge in [-0.25, -0.2) is 9.59 Å². The summed E-state index contributed by atoms with van der Waals surface area (Å²) < 4.78 is 11.1. The van der Waals surface area contributed by atoms with E-state index in [-0.39, 0.29) is 16.8 Å². The van der Waals surface area contributed by atoms with Gasteiger partial charge in [-0.05, 0) is 31.1 Å². The predicted molar refractivity (Wildman–Crippen MR) is 141 cm³/mol. The number of benzene rings is 2. The molecule has 0 saturated carbocycles. The first-order chi connectivity index (χ1) is 17.4. The highest BCUT2D eigenvalue weighted by molar-refractivity contribution is 6.00. The standard InChI is InChI=1S/C29H32N2O6/c1-18-24(27(32)36-6)26(21-13-10-14-22(17-21)31(34)35)25(19(2)30-18)28(33)37-23(29(3,4)5)16-15-20-11-8-7-9-12-20/h7-17,23,26,30H,1-6H3. The molecule has 0 aliphatic carbocycles. The summed E-state index contributed by atoms with van der Waals surface area (Å²) >= 11 is 0. The lowest BCUT2D eigenvalue weighted by molar-refractivity contribution is -0.384. The number of non-ortho nitro benzene ring substituents is 1. The molecule has 37 heavy (non-hydrogen) atoms. The quantitative estimate of drug-likeness (QED) is 0.294. The summed E-state index contributed by atoms with van der Waals surface area (Å²) in [5.74, 6) is -2.19. The van der Waals surface area contributed by atoms with Crippen LogP contribution >= 0.6 is 0 Å². The predicted octanol–water partition coefficient (Wildman–Crippen LogP) is 5.67. The van der Waals surface area contributed by atoms with Crippen LogP contribution in [0.4, 0.5) is 5.69 Å². The molecule has 0 amide bonds. The van der Waals surface area contributed by atoms with Gasteiger partial charge in [0.1, 0.15) is 6.10 Å². The lowest BCUT2D eigenvalue weighted by Gasteiger charge is -2.33. The van der Waals surface area contributed by atoms with Crippen LogP contribution in [0.1, 0.15) is 51.7 Å². The number of carbonyl (C=O) groups is 2. The molecule has 3 rings (SSSR count). The zero-order valence-electron chi connectivity index (χ0n) is 21.9. The van der Waals surface area contributed by atoms with Gasteiger partial charge in [0.2, 0.25) is 0 Å². The van der Waals surface area contributed by atoms with Crippen molar-refractivity contribution in [3.05, 3.63) is 104 Å². The Labute approximate surface area is 216 Å². The van der Waals surface area contributed by atoms with Gasteiger partial charge in [0.05, 0.1) is 29.1 Å². The molecule has 2 unspecified atom stereocenters. The SMILES string of the molecule is COC(=O)C1=C(C)NC(C)=C(C(=O)OC(C=Cc2ccccc2)C(C)(C)C)C1c1cccc([N+](=O)[O-])c1. The van der Waals surface area contributed by atoms with E-state index in [0.717, 1.165) is 5.56 Å². The molecular formula is C29H32N2O6. The zero-order chi connectivity index (χ0) is 27.3. The summed E-state index contributed by atoms with van der Waals surface area (Å²) in [6, 6.07) is 15.6. The number of dihydropyridines is 1. The second-order valence-corrected chi connectivity index (χ2v) is 9.94. The molecule has 194 valence electrons. The molecule has 1 heterocycles. The van der Waals surface area contributed by atoms with Crippen LogP contribution in [0.2, 0.25) is 0 Å². The summed E-state index contributed by atoms with van der Waals surface area (Å²) in [7, 11) is 1.25. The third kappa shape index (κ3) is 6.33. The lowest BCUT2D eigenvalue weighted by atomic mass is 9.80. The Morgan fingerprint density at radius 1 is 1.00 bits per heavy atom. The minimum atomic E-state index is -0.917.